The number of pyridine rings is 1. The van der Waals surface area contributed by atoms with Crippen molar-refractivity contribution in [2.75, 3.05) is 13.1 Å². The van der Waals surface area contributed by atoms with Crippen molar-refractivity contribution in [3.63, 3.8) is 0 Å². The van der Waals surface area contributed by atoms with Crippen molar-refractivity contribution in [1.82, 2.24) is 15.2 Å². The van der Waals surface area contributed by atoms with E-state index in [9.17, 15) is 9.59 Å². The van der Waals surface area contributed by atoms with Crippen LogP contribution in [0.1, 0.15) is 25.8 Å². The summed E-state index contributed by atoms with van der Waals surface area (Å²) in [6.45, 7) is 4.76. The molecule has 0 spiro atoms. The number of amides is 2. The fourth-order valence-electron chi connectivity index (χ4n) is 2.35. The van der Waals surface area contributed by atoms with Crippen molar-refractivity contribution >= 4 is 11.8 Å². The first-order valence-electron chi connectivity index (χ1n) is 7.09. The molecular weight excluding hydrogens is 254 g/mol. The van der Waals surface area contributed by atoms with E-state index >= 15 is 0 Å². The molecule has 0 aromatic carbocycles. The third-order valence-electron chi connectivity index (χ3n) is 3.86. The monoisotopic (exact) mass is 275 g/mol. The van der Waals surface area contributed by atoms with E-state index in [1.165, 1.54) is 0 Å². The van der Waals surface area contributed by atoms with Crippen LogP contribution in [-0.4, -0.2) is 40.8 Å². The molecule has 108 valence electrons. The average molecular weight is 275 g/mol. The first-order chi connectivity index (χ1) is 9.61. The lowest BCUT2D eigenvalue weighted by molar-refractivity contribution is -0.145. The topological polar surface area (TPSA) is 62.3 Å². The molecule has 5 heteroatoms. The van der Waals surface area contributed by atoms with Gasteiger partial charge in [-0.3, -0.25) is 14.6 Å². The summed E-state index contributed by atoms with van der Waals surface area (Å²) in [7, 11) is 0. The number of piperazine rings is 1. The van der Waals surface area contributed by atoms with Crippen molar-refractivity contribution in [2.24, 2.45) is 5.92 Å². The smallest absolute Gasteiger partial charge is 0.245 e. The van der Waals surface area contributed by atoms with Gasteiger partial charge >= 0.3 is 0 Å². The molecule has 0 aliphatic carbocycles. The molecule has 2 unspecified atom stereocenters. The van der Waals surface area contributed by atoms with Gasteiger partial charge in [0.1, 0.15) is 6.04 Å². The molecule has 2 amide bonds. The highest BCUT2D eigenvalue weighted by Gasteiger charge is 2.34. The van der Waals surface area contributed by atoms with E-state index in [1.54, 1.807) is 17.3 Å². The van der Waals surface area contributed by atoms with Crippen LogP contribution in [0.4, 0.5) is 0 Å². The highest BCUT2D eigenvalue weighted by atomic mass is 16.2. The predicted octanol–water partition coefficient (Wildman–Crippen LogP) is 0.997. The van der Waals surface area contributed by atoms with E-state index in [-0.39, 0.29) is 30.3 Å². The number of hydrogen-bond donors (Lipinski definition) is 1. The minimum absolute atomic E-state index is 0.0352. The molecule has 0 bridgehead atoms. The maximum Gasteiger partial charge on any atom is 0.245 e. The summed E-state index contributed by atoms with van der Waals surface area (Å²) in [5.41, 5.74) is 1.12. The molecule has 1 fully saturated rings. The third-order valence-corrected chi connectivity index (χ3v) is 3.86. The van der Waals surface area contributed by atoms with Crippen molar-refractivity contribution in [2.45, 2.75) is 32.7 Å². The van der Waals surface area contributed by atoms with Gasteiger partial charge in [0.2, 0.25) is 11.8 Å². The van der Waals surface area contributed by atoms with Crippen LogP contribution in [0.3, 0.4) is 0 Å². The lowest BCUT2D eigenvalue weighted by Crippen LogP contribution is -2.60. The molecule has 1 saturated heterocycles. The van der Waals surface area contributed by atoms with Gasteiger partial charge in [0.25, 0.3) is 0 Å². The lowest BCUT2D eigenvalue weighted by Gasteiger charge is -2.35. The summed E-state index contributed by atoms with van der Waals surface area (Å²) in [5, 5.41) is 2.80. The van der Waals surface area contributed by atoms with Gasteiger partial charge in [-0.1, -0.05) is 20.3 Å². The van der Waals surface area contributed by atoms with Gasteiger partial charge in [-0.2, -0.15) is 0 Å². The molecule has 1 aromatic rings. The van der Waals surface area contributed by atoms with Crippen LogP contribution in [0.25, 0.3) is 0 Å². The van der Waals surface area contributed by atoms with Gasteiger partial charge in [0, 0.05) is 18.9 Å². The molecular formula is C15H21N3O2. The van der Waals surface area contributed by atoms with E-state index in [0.717, 1.165) is 18.4 Å². The number of carbonyl (C=O) groups excluding carboxylic acids is 2. The second-order valence-electron chi connectivity index (χ2n) is 5.30. The van der Waals surface area contributed by atoms with E-state index in [1.807, 2.05) is 26.0 Å². The van der Waals surface area contributed by atoms with Crippen LogP contribution in [0.15, 0.2) is 24.5 Å². The molecule has 2 atom stereocenters. The Bertz CT molecular complexity index is 475. The second kappa shape index (κ2) is 6.50. The van der Waals surface area contributed by atoms with Crippen LogP contribution in [0.5, 0.6) is 0 Å². The van der Waals surface area contributed by atoms with E-state index < -0.39 is 0 Å². The maximum atomic E-state index is 12.4. The summed E-state index contributed by atoms with van der Waals surface area (Å²) in [6, 6.07) is 3.49. The van der Waals surface area contributed by atoms with Crippen LogP contribution >= 0.6 is 0 Å². The average Bonchev–Trinajstić information content (AvgIpc) is 2.48. The van der Waals surface area contributed by atoms with Crippen molar-refractivity contribution < 1.29 is 9.59 Å². The van der Waals surface area contributed by atoms with Crippen molar-refractivity contribution in [3.8, 4) is 0 Å². The van der Waals surface area contributed by atoms with Gasteiger partial charge in [0.15, 0.2) is 0 Å². The first kappa shape index (κ1) is 14.5. The zero-order chi connectivity index (χ0) is 14.5. The number of aromatic nitrogens is 1. The quantitative estimate of drug-likeness (QED) is 0.872. The van der Waals surface area contributed by atoms with Gasteiger partial charge in [-0.15, -0.1) is 0 Å². The minimum Gasteiger partial charge on any atom is -0.342 e. The third kappa shape index (κ3) is 3.35. The second-order valence-corrected chi connectivity index (χ2v) is 5.30. The van der Waals surface area contributed by atoms with Gasteiger partial charge < -0.3 is 10.2 Å². The molecule has 2 heterocycles. The van der Waals surface area contributed by atoms with Crippen LogP contribution in [-0.2, 0) is 16.0 Å². The molecule has 0 radical (unpaired) electrons. The van der Waals surface area contributed by atoms with Crippen LogP contribution in [0, 0.1) is 5.92 Å². The summed E-state index contributed by atoms with van der Waals surface area (Å²) >= 11 is 0. The summed E-state index contributed by atoms with van der Waals surface area (Å²) in [5.74, 6) is 0.132. The van der Waals surface area contributed by atoms with Gasteiger partial charge in [0.05, 0.1) is 6.54 Å². The Morgan fingerprint density at radius 2 is 2.10 bits per heavy atom. The zero-order valence-corrected chi connectivity index (χ0v) is 12.0. The zero-order valence-electron chi connectivity index (χ0n) is 12.0. The predicted molar refractivity (Wildman–Crippen MR) is 75.9 cm³/mol. The molecule has 5 nitrogen and oxygen atoms in total. The van der Waals surface area contributed by atoms with Gasteiger partial charge in [-0.25, -0.2) is 0 Å². The van der Waals surface area contributed by atoms with E-state index in [0.29, 0.717) is 6.54 Å². The Hall–Kier alpha value is -1.91. The number of rotatable bonds is 5. The molecule has 1 aromatic heterocycles. The van der Waals surface area contributed by atoms with Crippen molar-refractivity contribution in [1.29, 1.82) is 0 Å². The van der Waals surface area contributed by atoms with E-state index in [4.69, 9.17) is 0 Å². The Kier molecular flexibility index (Phi) is 4.71. The van der Waals surface area contributed by atoms with E-state index in [2.05, 4.69) is 10.3 Å². The normalized spacial score (nSPS) is 20.7. The van der Waals surface area contributed by atoms with Crippen LogP contribution in [0.2, 0.25) is 0 Å². The SMILES string of the molecule is CCC(C)C1NC(=O)CN(CCc2ccncc2)C1=O. The number of nitrogens with zero attached hydrogens (tertiary/aromatic N) is 2. The fraction of sp³-hybridized carbons (Fsp3) is 0.533. The number of nitrogens with one attached hydrogen (secondary N) is 1. The Labute approximate surface area is 119 Å². The Morgan fingerprint density at radius 1 is 1.40 bits per heavy atom. The minimum atomic E-state index is -0.376. The number of carbonyl (C=O) groups is 2. The summed E-state index contributed by atoms with van der Waals surface area (Å²) in [4.78, 5) is 29.8. The highest BCUT2D eigenvalue weighted by molar-refractivity contribution is 5.95. The maximum absolute atomic E-state index is 12.4. The standard InChI is InChI=1S/C15H21N3O2/c1-3-11(2)14-15(20)18(10-13(19)17-14)9-6-12-4-7-16-8-5-12/h4-5,7-8,11,14H,3,6,9-10H2,1-2H3,(H,17,19). The molecule has 1 aliphatic rings. The fourth-order valence-corrected chi connectivity index (χ4v) is 2.35. The molecule has 0 saturated carbocycles. The Morgan fingerprint density at radius 3 is 2.75 bits per heavy atom. The highest BCUT2D eigenvalue weighted by Crippen LogP contribution is 2.14. The van der Waals surface area contributed by atoms with Gasteiger partial charge in [-0.05, 0) is 30.0 Å². The molecule has 1 N–H and O–H groups in total. The van der Waals surface area contributed by atoms with Crippen molar-refractivity contribution in [3.05, 3.63) is 30.1 Å². The Balaban J connectivity index is 1.99. The molecule has 20 heavy (non-hydrogen) atoms. The number of hydrogen-bond acceptors (Lipinski definition) is 3. The lowest BCUT2D eigenvalue weighted by atomic mass is 9.96. The van der Waals surface area contributed by atoms with Crippen LogP contribution < -0.4 is 5.32 Å². The largest absolute Gasteiger partial charge is 0.342 e. The summed E-state index contributed by atoms with van der Waals surface area (Å²) in [6.07, 6.45) is 5.09. The first-order valence-corrected chi connectivity index (χ1v) is 7.09. The molecule has 1 aliphatic heterocycles. The molecule has 2 rings (SSSR count). The summed E-state index contributed by atoms with van der Waals surface area (Å²) < 4.78 is 0.